The van der Waals surface area contributed by atoms with Gasteiger partial charge in [-0.2, -0.15) is 5.10 Å². The van der Waals surface area contributed by atoms with Gasteiger partial charge in [-0.3, -0.25) is 4.68 Å². The SMILES string of the molecule is CCOc1c(Br)cc(CNc2cn(C)nc2CC)cc1Br. The highest BCUT2D eigenvalue weighted by Crippen LogP contribution is 2.35. The van der Waals surface area contributed by atoms with E-state index < -0.39 is 0 Å². The Balaban J connectivity index is 2.13. The van der Waals surface area contributed by atoms with E-state index in [1.54, 1.807) is 0 Å². The molecule has 114 valence electrons. The van der Waals surface area contributed by atoms with Crippen LogP contribution in [0.1, 0.15) is 25.1 Å². The Morgan fingerprint density at radius 2 is 1.90 bits per heavy atom. The van der Waals surface area contributed by atoms with Crippen LogP contribution in [0.3, 0.4) is 0 Å². The first-order chi connectivity index (χ1) is 10.0. The molecule has 0 fully saturated rings. The summed E-state index contributed by atoms with van der Waals surface area (Å²) in [5, 5.41) is 7.87. The number of rotatable bonds is 6. The minimum atomic E-state index is 0.643. The number of hydrogen-bond donors (Lipinski definition) is 1. The molecule has 0 atom stereocenters. The van der Waals surface area contributed by atoms with E-state index in [0.29, 0.717) is 6.61 Å². The van der Waals surface area contributed by atoms with Gasteiger partial charge in [0.05, 0.1) is 26.9 Å². The highest BCUT2D eigenvalue weighted by atomic mass is 79.9. The van der Waals surface area contributed by atoms with E-state index in [4.69, 9.17) is 4.74 Å². The van der Waals surface area contributed by atoms with Crippen LogP contribution in [0.15, 0.2) is 27.3 Å². The summed E-state index contributed by atoms with van der Waals surface area (Å²) in [7, 11) is 1.94. The normalized spacial score (nSPS) is 10.7. The molecule has 4 nitrogen and oxygen atoms in total. The zero-order valence-corrected chi connectivity index (χ0v) is 15.6. The van der Waals surface area contributed by atoms with Crippen molar-refractivity contribution in [1.29, 1.82) is 0 Å². The quantitative estimate of drug-likeness (QED) is 0.752. The number of benzene rings is 1. The molecule has 0 bridgehead atoms. The van der Waals surface area contributed by atoms with Crippen molar-refractivity contribution in [3.63, 3.8) is 0 Å². The van der Waals surface area contributed by atoms with Crippen molar-refractivity contribution >= 4 is 37.5 Å². The fraction of sp³-hybridized carbons (Fsp3) is 0.400. The van der Waals surface area contributed by atoms with E-state index in [-0.39, 0.29) is 0 Å². The molecule has 0 saturated carbocycles. The summed E-state index contributed by atoms with van der Waals surface area (Å²) in [6, 6.07) is 4.15. The summed E-state index contributed by atoms with van der Waals surface area (Å²) in [4.78, 5) is 0. The molecule has 0 unspecified atom stereocenters. The smallest absolute Gasteiger partial charge is 0.147 e. The van der Waals surface area contributed by atoms with Gasteiger partial charge in [0, 0.05) is 19.8 Å². The summed E-state index contributed by atoms with van der Waals surface area (Å²) in [5.74, 6) is 0.844. The minimum absolute atomic E-state index is 0.643. The lowest BCUT2D eigenvalue weighted by Crippen LogP contribution is -2.02. The number of nitrogens with zero attached hydrogens (tertiary/aromatic N) is 2. The Hall–Kier alpha value is -1.01. The topological polar surface area (TPSA) is 39.1 Å². The van der Waals surface area contributed by atoms with Crippen LogP contribution in [0.2, 0.25) is 0 Å². The van der Waals surface area contributed by atoms with Crippen LogP contribution in [-0.2, 0) is 20.0 Å². The Morgan fingerprint density at radius 1 is 1.24 bits per heavy atom. The maximum Gasteiger partial charge on any atom is 0.147 e. The number of ether oxygens (including phenoxy) is 1. The molecule has 0 spiro atoms. The standard InChI is InChI=1S/C15H19Br2N3O/c1-4-13-14(9-20(3)19-13)18-8-10-6-11(16)15(21-5-2)12(17)7-10/h6-7,9,18H,4-5,8H2,1-3H3. The fourth-order valence-electron chi connectivity index (χ4n) is 2.14. The van der Waals surface area contributed by atoms with E-state index in [9.17, 15) is 0 Å². The number of aryl methyl sites for hydroxylation is 2. The third kappa shape index (κ3) is 4.01. The van der Waals surface area contributed by atoms with Crippen molar-refractivity contribution in [3.8, 4) is 5.75 Å². The maximum absolute atomic E-state index is 5.60. The van der Waals surface area contributed by atoms with Gasteiger partial charge in [0.2, 0.25) is 0 Å². The van der Waals surface area contributed by atoms with E-state index in [1.165, 1.54) is 5.56 Å². The van der Waals surface area contributed by atoms with Crippen molar-refractivity contribution in [2.75, 3.05) is 11.9 Å². The number of nitrogens with one attached hydrogen (secondary N) is 1. The summed E-state index contributed by atoms with van der Waals surface area (Å²) in [5.41, 5.74) is 3.34. The Kier molecular flexibility index (Phi) is 5.70. The minimum Gasteiger partial charge on any atom is -0.492 e. The second-order valence-electron chi connectivity index (χ2n) is 4.69. The van der Waals surface area contributed by atoms with Crippen LogP contribution in [0.4, 0.5) is 5.69 Å². The predicted octanol–water partition coefficient (Wildman–Crippen LogP) is 4.52. The molecule has 0 radical (unpaired) electrons. The van der Waals surface area contributed by atoms with Crippen LogP contribution >= 0.6 is 31.9 Å². The molecular formula is C15H19Br2N3O. The van der Waals surface area contributed by atoms with Gasteiger partial charge < -0.3 is 10.1 Å². The monoisotopic (exact) mass is 415 g/mol. The van der Waals surface area contributed by atoms with Gasteiger partial charge in [-0.1, -0.05) is 6.92 Å². The second kappa shape index (κ2) is 7.31. The zero-order chi connectivity index (χ0) is 15.4. The Bertz CT molecular complexity index is 602. The molecule has 0 saturated heterocycles. The largest absolute Gasteiger partial charge is 0.492 e. The van der Waals surface area contributed by atoms with Crippen LogP contribution in [-0.4, -0.2) is 16.4 Å². The summed E-state index contributed by atoms with van der Waals surface area (Å²) < 4.78 is 9.35. The van der Waals surface area contributed by atoms with Gasteiger partial charge in [0.15, 0.2) is 0 Å². The van der Waals surface area contributed by atoms with E-state index in [1.807, 2.05) is 24.9 Å². The van der Waals surface area contributed by atoms with Gasteiger partial charge in [-0.05, 0) is 62.9 Å². The molecule has 21 heavy (non-hydrogen) atoms. The van der Waals surface area contributed by atoms with Gasteiger partial charge in [-0.15, -0.1) is 0 Å². The lowest BCUT2D eigenvalue weighted by atomic mass is 10.2. The fourth-order valence-corrected chi connectivity index (χ4v) is 3.65. The van der Waals surface area contributed by atoms with Crippen molar-refractivity contribution in [2.24, 2.45) is 7.05 Å². The van der Waals surface area contributed by atoms with Crippen molar-refractivity contribution in [1.82, 2.24) is 9.78 Å². The lowest BCUT2D eigenvalue weighted by molar-refractivity contribution is 0.336. The molecule has 1 aromatic heterocycles. The third-order valence-electron chi connectivity index (χ3n) is 3.07. The van der Waals surface area contributed by atoms with Crippen LogP contribution in [0, 0.1) is 0 Å². The second-order valence-corrected chi connectivity index (χ2v) is 6.40. The molecular weight excluding hydrogens is 398 g/mol. The first-order valence-corrected chi connectivity index (χ1v) is 8.50. The van der Waals surface area contributed by atoms with Gasteiger partial charge >= 0.3 is 0 Å². The van der Waals surface area contributed by atoms with E-state index in [0.717, 1.165) is 39.0 Å². The predicted molar refractivity (Wildman–Crippen MR) is 92.9 cm³/mol. The zero-order valence-electron chi connectivity index (χ0n) is 12.4. The summed E-state index contributed by atoms with van der Waals surface area (Å²) >= 11 is 7.12. The van der Waals surface area contributed by atoms with Crippen LogP contribution < -0.4 is 10.1 Å². The molecule has 1 heterocycles. The van der Waals surface area contributed by atoms with Crippen molar-refractivity contribution < 1.29 is 4.74 Å². The molecule has 0 aliphatic carbocycles. The highest BCUT2D eigenvalue weighted by Gasteiger charge is 2.10. The van der Waals surface area contributed by atoms with Gasteiger partial charge in [-0.25, -0.2) is 0 Å². The highest BCUT2D eigenvalue weighted by molar-refractivity contribution is 9.11. The average molecular weight is 417 g/mol. The van der Waals surface area contributed by atoms with E-state index >= 15 is 0 Å². The summed E-state index contributed by atoms with van der Waals surface area (Å²) in [6.07, 6.45) is 2.93. The molecule has 0 aliphatic rings. The number of halogens is 2. The van der Waals surface area contributed by atoms with Gasteiger partial charge in [0.1, 0.15) is 5.75 Å². The molecule has 0 amide bonds. The van der Waals surface area contributed by atoms with Crippen LogP contribution in [0.25, 0.3) is 0 Å². The molecule has 1 N–H and O–H groups in total. The molecule has 6 heteroatoms. The van der Waals surface area contributed by atoms with Crippen LogP contribution in [0.5, 0.6) is 5.75 Å². The van der Waals surface area contributed by atoms with Crippen molar-refractivity contribution in [2.45, 2.75) is 26.8 Å². The number of hydrogen-bond acceptors (Lipinski definition) is 3. The number of aromatic nitrogens is 2. The number of anilines is 1. The lowest BCUT2D eigenvalue weighted by Gasteiger charge is -2.12. The molecule has 2 aromatic rings. The van der Waals surface area contributed by atoms with Gasteiger partial charge in [0.25, 0.3) is 0 Å². The molecule has 2 rings (SSSR count). The molecule has 1 aromatic carbocycles. The first-order valence-electron chi connectivity index (χ1n) is 6.92. The van der Waals surface area contributed by atoms with Crippen molar-refractivity contribution in [3.05, 3.63) is 38.5 Å². The maximum atomic E-state index is 5.60. The molecule has 0 aliphatic heterocycles. The third-order valence-corrected chi connectivity index (χ3v) is 4.25. The average Bonchev–Trinajstić information content (AvgIpc) is 2.81. The Labute approximate surface area is 142 Å². The first kappa shape index (κ1) is 16.4. The van der Waals surface area contributed by atoms with E-state index in [2.05, 4.69) is 61.3 Å². The Morgan fingerprint density at radius 3 is 2.48 bits per heavy atom. The summed E-state index contributed by atoms with van der Waals surface area (Å²) in [6.45, 7) is 5.47.